The summed E-state index contributed by atoms with van der Waals surface area (Å²) in [7, 11) is 0. The first-order chi connectivity index (χ1) is 17.9. The Balaban J connectivity index is 1.34. The molecule has 1 fully saturated rings. The number of benzene rings is 1. The van der Waals surface area contributed by atoms with Gasteiger partial charge in [0, 0.05) is 24.7 Å². The number of urea groups is 1. The van der Waals surface area contributed by atoms with Crippen molar-refractivity contribution in [2.75, 3.05) is 22.9 Å². The van der Waals surface area contributed by atoms with Crippen LogP contribution in [0.5, 0.6) is 0 Å². The van der Waals surface area contributed by atoms with Crippen LogP contribution in [0.4, 0.5) is 29.5 Å². The molecular formula is C26H23F3N6O2. The van der Waals surface area contributed by atoms with E-state index in [1.54, 1.807) is 23.2 Å². The number of fused-ring (bicyclic) bond motifs is 2. The molecular weight excluding hydrogens is 485 g/mol. The fourth-order valence-electron chi connectivity index (χ4n) is 5.06. The summed E-state index contributed by atoms with van der Waals surface area (Å²) in [6, 6.07) is 8.14. The monoisotopic (exact) mass is 508 g/mol. The number of nitrogens with one attached hydrogen (secondary N) is 1. The van der Waals surface area contributed by atoms with Crippen LogP contribution in [0, 0.1) is 0 Å². The first-order valence-corrected chi connectivity index (χ1v) is 12.1. The lowest BCUT2D eigenvalue weighted by Gasteiger charge is -2.31. The minimum atomic E-state index is -4.46. The van der Waals surface area contributed by atoms with E-state index in [4.69, 9.17) is 9.40 Å². The second kappa shape index (κ2) is 9.06. The maximum Gasteiger partial charge on any atom is 0.416 e. The van der Waals surface area contributed by atoms with Crippen molar-refractivity contribution in [1.29, 1.82) is 0 Å². The Labute approximate surface area is 210 Å². The highest BCUT2D eigenvalue weighted by molar-refractivity contribution is 6.00. The molecule has 6 heterocycles. The summed E-state index contributed by atoms with van der Waals surface area (Å²) < 4.78 is 45.3. The molecule has 190 valence electrons. The maximum absolute atomic E-state index is 13.7. The van der Waals surface area contributed by atoms with Gasteiger partial charge < -0.3 is 9.32 Å². The van der Waals surface area contributed by atoms with E-state index in [-0.39, 0.29) is 12.1 Å². The standard InChI is InChI=1S/C26H23F3N6O2/c27-26(28,29)17-4-1-3-16(13-17)19-7-8-21-24(32-19)35(18-9-11-34(21)12-10-18)25(36)33-23-6-2-5-20(31-23)22-14-30-15-37-22/h1,3-4,6-8,13-15,18H,2,5,9-12H2,(H,33,36). The Morgan fingerprint density at radius 1 is 1.14 bits per heavy atom. The molecule has 4 aliphatic heterocycles. The maximum atomic E-state index is 13.7. The molecule has 2 amide bonds. The molecule has 1 N–H and O–H groups in total. The van der Waals surface area contributed by atoms with E-state index < -0.39 is 11.7 Å². The molecule has 1 aromatic carbocycles. The number of halogens is 3. The summed E-state index contributed by atoms with van der Waals surface area (Å²) in [4.78, 5) is 30.7. The molecule has 0 spiro atoms. The van der Waals surface area contributed by atoms with Crippen LogP contribution >= 0.6 is 0 Å². The van der Waals surface area contributed by atoms with Gasteiger partial charge in [-0.25, -0.2) is 19.8 Å². The van der Waals surface area contributed by atoms with E-state index in [1.165, 1.54) is 12.5 Å². The second-order valence-electron chi connectivity index (χ2n) is 9.19. The highest BCUT2D eigenvalue weighted by atomic mass is 19.4. The van der Waals surface area contributed by atoms with Gasteiger partial charge in [-0.15, -0.1) is 0 Å². The van der Waals surface area contributed by atoms with E-state index in [1.807, 2.05) is 12.1 Å². The third-order valence-electron chi connectivity index (χ3n) is 6.88. The van der Waals surface area contributed by atoms with Gasteiger partial charge in [0.25, 0.3) is 0 Å². The van der Waals surface area contributed by atoms with Crippen LogP contribution in [0.15, 0.2) is 70.3 Å². The predicted molar refractivity (Wildman–Crippen MR) is 131 cm³/mol. The molecule has 7 rings (SSSR count). The van der Waals surface area contributed by atoms with Crippen LogP contribution in [0.25, 0.3) is 11.3 Å². The Hall–Kier alpha value is -4.15. The zero-order chi connectivity index (χ0) is 25.6. The molecule has 0 aliphatic carbocycles. The number of alkyl halides is 3. The highest BCUT2D eigenvalue weighted by Crippen LogP contribution is 2.40. The molecule has 37 heavy (non-hydrogen) atoms. The average Bonchev–Trinajstić information content (AvgIpc) is 3.34. The van der Waals surface area contributed by atoms with Crippen molar-refractivity contribution in [3.8, 4) is 11.3 Å². The van der Waals surface area contributed by atoms with Gasteiger partial charge in [0.15, 0.2) is 18.0 Å². The van der Waals surface area contributed by atoms with Crippen LogP contribution in [0.1, 0.15) is 37.0 Å². The average molecular weight is 509 g/mol. The normalized spacial score (nSPS) is 17.7. The molecule has 2 aromatic heterocycles. The van der Waals surface area contributed by atoms with Crippen molar-refractivity contribution >= 4 is 23.2 Å². The fraction of sp³-hybridized carbons (Fsp3) is 0.308. The molecule has 4 aliphatic rings. The van der Waals surface area contributed by atoms with Crippen molar-refractivity contribution in [3.63, 3.8) is 0 Å². The van der Waals surface area contributed by atoms with Gasteiger partial charge in [0.1, 0.15) is 5.82 Å². The molecule has 0 radical (unpaired) electrons. The number of hydrogen-bond donors (Lipinski definition) is 1. The van der Waals surface area contributed by atoms with Gasteiger partial charge in [0.2, 0.25) is 0 Å². The number of allylic oxidation sites excluding steroid dienone is 1. The van der Waals surface area contributed by atoms with Crippen molar-refractivity contribution < 1.29 is 22.4 Å². The molecule has 11 heteroatoms. The fourth-order valence-corrected chi connectivity index (χ4v) is 5.06. The Kier molecular flexibility index (Phi) is 5.69. The first kappa shape index (κ1) is 23.3. The second-order valence-corrected chi connectivity index (χ2v) is 9.19. The number of carbonyl (C=O) groups excluding carboxylic acids is 1. The number of rotatable bonds is 3. The Bertz CT molecular complexity index is 1390. The van der Waals surface area contributed by atoms with Gasteiger partial charge in [0.05, 0.1) is 28.9 Å². The summed E-state index contributed by atoms with van der Waals surface area (Å²) in [5.41, 5.74) is 1.44. The molecule has 1 saturated heterocycles. The number of piperidine rings is 1. The van der Waals surface area contributed by atoms with E-state index in [9.17, 15) is 18.0 Å². The van der Waals surface area contributed by atoms with Crippen molar-refractivity contribution in [2.24, 2.45) is 4.99 Å². The van der Waals surface area contributed by atoms with Crippen molar-refractivity contribution in [2.45, 2.75) is 37.9 Å². The minimum absolute atomic E-state index is 0.0938. The van der Waals surface area contributed by atoms with Crippen LogP contribution in [0.3, 0.4) is 0 Å². The number of hydrogen-bond acceptors (Lipinski definition) is 6. The minimum Gasteiger partial charge on any atom is -0.442 e. The number of aromatic nitrogens is 2. The topological polar surface area (TPSA) is 86.9 Å². The van der Waals surface area contributed by atoms with Gasteiger partial charge in [-0.05, 0) is 56.0 Å². The van der Waals surface area contributed by atoms with Crippen LogP contribution in [0.2, 0.25) is 0 Å². The number of nitrogens with zero attached hydrogens (tertiary/aromatic N) is 5. The van der Waals surface area contributed by atoms with E-state index in [0.717, 1.165) is 43.8 Å². The zero-order valence-corrected chi connectivity index (χ0v) is 19.7. The van der Waals surface area contributed by atoms with E-state index in [2.05, 4.69) is 20.2 Å². The van der Waals surface area contributed by atoms with Crippen LogP contribution < -0.4 is 15.1 Å². The predicted octanol–water partition coefficient (Wildman–Crippen LogP) is 5.38. The largest absolute Gasteiger partial charge is 0.442 e. The number of aliphatic imine (C=N–C) groups is 1. The Morgan fingerprint density at radius 2 is 1.97 bits per heavy atom. The summed E-state index contributed by atoms with van der Waals surface area (Å²) in [5, 5.41) is 2.91. The smallest absolute Gasteiger partial charge is 0.416 e. The summed E-state index contributed by atoms with van der Waals surface area (Å²) >= 11 is 0. The lowest BCUT2D eigenvalue weighted by atomic mass is 10.1. The van der Waals surface area contributed by atoms with Crippen molar-refractivity contribution in [1.82, 2.24) is 15.3 Å². The molecule has 0 atom stereocenters. The lowest BCUT2D eigenvalue weighted by Crippen LogP contribution is -2.48. The molecule has 0 unspecified atom stereocenters. The molecule has 3 aromatic rings. The van der Waals surface area contributed by atoms with Gasteiger partial charge in [-0.2, -0.15) is 13.2 Å². The van der Waals surface area contributed by atoms with Gasteiger partial charge >= 0.3 is 12.2 Å². The quantitative estimate of drug-likeness (QED) is 0.514. The number of carbonyl (C=O) groups is 1. The number of anilines is 2. The molecule has 0 saturated carbocycles. The third-order valence-corrected chi connectivity index (χ3v) is 6.88. The van der Waals surface area contributed by atoms with Crippen molar-refractivity contribution in [3.05, 3.63) is 72.2 Å². The zero-order valence-electron chi connectivity index (χ0n) is 19.7. The van der Waals surface area contributed by atoms with Gasteiger partial charge in [-0.1, -0.05) is 12.1 Å². The lowest BCUT2D eigenvalue weighted by molar-refractivity contribution is -0.137. The van der Waals surface area contributed by atoms with Gasteiger partial charge in [-0.3, -0.25) is 10.2 Å². The van der Waals surface area contributed by atoms with E-state index in [0.29, 0.717) is 47.2 Å². The summed E-state index contributed by atoms with van der Waals surface area (Å²) in [6.45, 7) is 1.53. The van der Waals surface area contributed by atoms with E-state index >= 15 is 0 Å². The Morgan fingerprint density at radius 3 is 2.73 bits per heavy atom. The molecule has 2 bridgehead atoms. The molecule has 8 nitrogen and oxygen atoms in total. The number of pyridine rings is 1. The van der Waals surface area contributed by atoms with Crippen LogP contribution in [-0.4, -0.2) is 40.8 Å². The first-order valence-electron chi connectivity index (χ1n) is 12.1. The number of oxazole rings is 1. The van der Waals surface area contributed by atoms with Crippen LogP contribution in [-0.2, 0) is 6.18 Å². The summed E-state index contributed by atoms with van der Waals surface area (Å²) in [5.74, 6) is 1.40. The highest BCUT2D eigenvalue weighted by Gasteiger charge is 2.38. The SMILES string of the molecule is O=C(NC1=CCCC(c2cnco2)=N1)N1c2nc(-c3cccc(C(F)(F)F)c3)ccc2N2CCC1CC2. The summed E-state index contributed by atoms with van der Waals surface area (Å²) in [6.07, 6.45) is 3.17. The number of amides is 2. The third kappa shape index (κ3) is 4.45.